The number of amides is 1. The number of carbonyl (C=O) groups excluding carboxylic acids is 1. The number of carboxylic acid groups (broad SMARTS) is 1. The second kappa shape index (κ2) is 7.23. The topological polar surface area (TPSA) is 57.6 Å². The standard InChI is InChI=1S/C20H19F2NO3/c1-12-7-8-16(18(22)17(12)21)19(24)23-9-3-6-15(11-23)13-4-2-5-14(10-13)20(25)26/h2,4-5,7-8,10,15H,3,6,9,11H2,1H3,(H,25,26)/t15-/m0/s1. The highest BCUT2D eigenvalue weighted by atomic mass is 19.2. The van der Waals surface area contributed by atoms with E-state index in [1.54, 1.807) is 12.1 Å². The Morgan fingerprint density at radius 2 is 1.92 bits per heavy atom. The summed E-state index contributed by atoms with van der Waals surface area (Å²) < 4.78 is 27.9. The van der Waals surface area contributed by atoms with Gasteiger partial charge in [-0.1, -0.05) is 18.2 Å². The number of likely N-dealkylation sites (tertiary alicyclic amines) is 1. The van der Waals surface area contributed by atoms with Gasteiger partial charge in [-0.3, -0.25) is 4.79 Å². The van der Waals surface area contributed by atoms with Crippen molar-refractivity contribution in [2.24, 2.45) is 0 Å². The minimum absolute atomic E-state index is 0.0367. The van der Waals surface area contributed by atoms with Gasteiger partial charge in [-0.2, -0.15) is 0 Å². The van der Waals surface area contributed by atoms with Gasteiger partial charge in [0.15, 0.2) is 11.6 Å². The van der Waals surface area contributed by atoms with E-state index >= 15 is 0 Å². The lowest BCUT2D eigenvalue weighted by Crippen LogP contribution is -2.39. The Labute approximate surface area is 150 Å². The zero-order chi connectivity index (χ0) is 18.8. The van der Waals surface area contributed by atoms with Crippen LogP contribution in [-0.2, 0) is 0 Å². The highest BCUT2D eigenvalue weighted by molar-refractivity contribution is 5.94. The number of aryl methyl sites for hydroxylation is 1. The number of carbonyl (C=O) groups is 2. The zero-order valence-electron chi connectivity index (χ0n) is 14.3. The van der Waals surface area contributed by atoms with Crippen molar-refractivity contribution in [2.45, 2.75) is 25.7 Å². The lowest BCUT2D eigenvalue weighted by Gasteiger charge is -2.33. The van der Waals surface area contributed by atoms with Crippen LogP contribution >= 0.6 is 0 Å². The van der Waals surface area contributed by atoms with Gasteiger partial charge in [0, 0.05) is 19.0 Å². The molecule has 0 bridgehead atoms. The van der Waals surface area contributed by atoms with Crippen molar-refractivity contribution >= 4 is 11.9 Å². The molecule has 136 valence electrons. The molecule has 1 fully saturated rings. The highest BCUT2D eigenvalue weighted by Gasteiger charge is 2.28. The first kappa shape index (κ1) is 18.0. The van der Waals surface area contributed by atoms with Crippen molar-refractivity contribution in [3.05, 3.63) is 70.3 Å². The molecule has 2 aromatic carbocycles. The monoisotopic (exact) mass is 359 g/mol. The number of nitrogens with zero attached hydrogens (tertiary/aromatic N) is 1. The van der Waals surface area contributed by atoms with Gasteiger partial charge >= 0.3 is 5.97 Å². The van der Waals surface area contributed by atoms with Crippen LogP contribution in [0.5, 0.6) is 0 Å². The number of benzene rings is 2. The summed E-state index contributed by atoms with van der Waals surface area (Å²) >= 11 is 0. The first-order chi connectivity index (χ1) is 12.4. The summed E-state index contributed by atoms with van der Waals surface area (Å²) in [6, 6.07) is 9.33. The predicted molar refractivity (Wildman–Crippen MR) is 92.4 cm³/mol. The fraction of sp³-hybridized carbons (Fsp3) is 0.300. The van der Waals surface area contributed by atoms with E-state index in [0.717, 1.165) is 12.0 Å². The van der Waals surface area contributed by atoms with Crippen LogP contribution in [0.3, 0.4) is 0 Å². The zero-order valence-corrected chi connectivity index (χ0v) is 14.3. The Morgan fingerprint density at radius 3 is 2.65 bits per heavy atom. The second-order valence-corrected chi connectivity index (χ2v) is 6.58. The first-order valence-electron chi connectivity index (χ1n) is 8.45. The number of carboxylic acids is 1. The summed E-state index contributed by atoms with van der Waals surface area (Å²) in [5.74, 6) is -3.71. The number of piperidine rings is 1. The minimum Gasteiger partial charge on any atom is -0.478 e. The second-order valence-electron chi connectivity index (χ2n) is 6.58. The van der Waals surface area contributed by atoms with E-state index in [4.69, 9.17) is 5.11 Å². The Balaban J connectivity index is 1.82. The van der Waals surface area contributed by atoms with Gasteiger partial charge in [0.25, 0.3) is 5.91 Å². The summed E-state index contributed by atoms with van der Waals surface area (Å²) in [7, 11) is 0. The maximum atomic E-state index is 14.1. The molecular formula is C20H19F2NO3. The molecule has 1 aliphatic heterocycles. The smallest absolute Gasteiger partial charge is 0.335 e. The van der Waals surface area contributed by atoms with Gasteiger partial charge in [-0.15, -0.1) is 0 Å². The number of rotatable bonds is 3. The molecule has 3 rings (SSSR count). The number of hydrogen-bond acceptors (Lipinski definition) is 2. The number of halogens is 2. The van der Waals surface area contributed by atoms with E-state index in [-0.39, 0.29) is 22.6 Å². The van der Waals surface area contributed by atoms with Crippen LogP contribution in [0, 0.1) is 18.6 Å². The molecule has 1 saturated heterocycles. The SMILES string of the molecule is Cc1ccc(C(=O)N2CCC[C@H](c3cccc(C(=O)O)c3)C2)c(F)c1F. The molecule has 0 saturated carbocycles. The van der Waals surface area contributed by atoms with Crippen molar-refractivity contribution in [1.29, 1.82) is 0 Å². The molecule has 1 amide bonds. The Bertz CT molecular complexity index is 866. The van der Waals surface area contributed by atoms with E-state index in [9.17, 15) is 18.4 Å². The third-order valence-corrected chi connectivity index (χ3v) is 4.82. The number of hydrogen-bond donors (Lipinski definition) is 1. The quantitative estimate of drug-likeness (QED) is 0.901. The Kier molecular flexibility index (Phi) is 5.02. The highest BCUT2D eigenvalue weighted by Crippen LogP contribution is 2.29. The van der Waals surface area contributed by atoms with Crippen molar-refractivity contribution in [3.63, 3.8) is 0 Å². The molecule has 1 N–H and O–H groups in total. The fourth-order valence-corrected chi connectivity index (χ4v) is 3.34. The largest absolute Gasteiger partial charge is 0.478 e. The third kappa shape index (κ3) is 3.45. The third-order valence-electron chi connectivity index (χ3n) is 4.82. The minimum atomic E-state index is -1.12. The van der Waals surface area contributed by atoms with E-state index in [1.165, 1.54) is 30.0 Å². The van der Waals surface area contributed by atoms with E-state index in [2.05, 4.69) is 0 Å². The van der Waals surface area contributed by atoms with Crippen LogP contribution in [0.2, 0.25) is 0 Å². The molecule has 0 spiro atoms. The van der Waals surface area contributed by atoms with Crippen molar-refractivity contribution in [2.75, 3.05) is 13.1 Å². The van der Waals surface area contributed by atoms with Gasteiger partial charge in [-0.25, -0.2) is 13.6 Å². The molecule has 0 radical (unpaired) electrons. The van der Waals surface area contributed by atoms with Gasteiger partial charge in [0.2, 0.25) is 0 Å². The fourth-order valence-electron chi connectivity index (χ4n) is 3.34. The van der Waals surface area contributed by atoms with Crippen LogP contribution in [0.4, 0.5) is 8.78 Å². The Morgan fingerprint density at radius 1 is 1.15 bits per heavy atom. The van der Waals surface area contributed by atoms with E-state index in [1.807, 2.05) is 6.07 Å². The summed E-state index contributed by atoms with van der Waals surface area (Å²) in [4.78, 5) is 25.3. The lowest BCUT2D eigenvalue weighted by atomic mass is 9.89. The van der Waals surface area contributed by atoms with Gasteiger partial charge in [0.05, 0.1) is 11.1 Å². The molecule has 0 aliphatic carbocycles. The van der Waals surface area contributed by atoms with Crippen molar-refractivity contribution < 1.29 is 23.5 Å². The van der Waals surface area contributed by atoms with Gasteiger partial charge < -0.3 is 10.0 Å². The van der Waals surface area contributed by atoms with Crippen molar-refractivity contribution in [3.8, 4) is 0 Å². The summed E-state index contributed by atoms with van der Waals surface area (Å²) in [6.45, 7) is 2.25. The molecule has 0 unspecified atom stereocenters. The molecule has 1 atom stereocenters. The van der Waals surface area contributed by atoms with Gasteiger partial charge in [-0.05, 0) is 49.1 Å². The molecule has 1 aliphatic rings. The molecule has 26 heavy (non-hydrogen) atoms. The summed E-state index contributed by atoms with van der Waals surface area (Å²) in [5, 5.41) is 9.13. The molecule has 2 aromatic rings. The van der Waals surface area contributed by atoms with E-state index in [0.29, 0.717) is 19.5 Å². The Hall–Kier alpha value is -2.76. The maximum Gasteiger partial charge on any atom is 0.335 e. The summed E-state index contributed by atoms with van der Waals surface area (Å²) in [6.07, 6.45) is 1.52. The maximum absolute atomic E-state index is 14.1. The van der Waals surface area contributed by atoms with Crippen molar-refractivity contribution in [1.82, 2.24) is 4.90 Å². The molecule has 6 heteroatoms. The van der Waals surface area contributed by atoms with Crippen LogP contribution < -0.4 is 0 Å². The average Bonchev–Trinajstić information content (AvgIpc) is 2.66. The molecule has 0 aromatic heterocycles. The molecular weight excluding hydrogens is 340 g/mol. The summed E-state index contributed by atoms with van der Waals surface area (Å²) in [5.41, 5.74) is 0.907. The van der Waals surface area contributed by atoms with E-state index < -0.39 is 23.5 Å². The van der Waals surface area contributed by atoms with Gasteiger partial charge in [0.1, 0.15) is 0 Å². The normalized spacial score (nSPS) is 17.2. The average molecular weight is 359 g/mol. The van der Waals surface area contributed by atoms with Crippen LogP contribution in [0.25, 0.3) is 0 Å². The first-order valence-corrected chi connectivity index (χ1v) is 8.45. The predicted octanol–water partition coefficient (Wildman–Crippen LogP) is 3.99. The van der Waals surface area contributed by atoms with Crippen LogP contribution in [0.1, 0.15) is 50.6 Å². The van der Waals surface area contributed by atoms with Crippen LogP contribution in [0.15, 0.2) is 36.4 Å². The molecule has 4 nitrogen and oxygen atoms in total. The molecule has 1 heterocycles. The lowest BCUT2D eigenvalue weighted by molar-refractivity contribution is 0.0685. The van der Waals surface area contributed by atoms with Crippen LogP contribution in [-0.4, -0.2) is 35.0 Å². The number of aromatic carboxylic acids is 1.